The van der Waals surface area contributed by atoms with Gasteiger partial charge in [0.05, 0.1) is 16.7 Å². The van der Waals surface area contributed by atoms with Crippen LogP contribution in [0.1, 0.15) is 34.5 Å². The Balaban J connectivity index is 1.48. The molecule has 0 spiro atoms. The number of imidazole rings is 1. The molecule has 9 nitrogen and oxygen atoms in total. The lowest BCUT2D eigenvalue weighted by Crippen LogP contribution is -2.39. The minimum absolute atomic E-state index is 0.0525. The molecular formula is C29H28FN5O4. The Morgan fingerprint density at radius 3 is 2.54 bits per heavy atom. The molecule has 0 fully saturated rings. The van der Waals surface area contributed by atoms with Gasteiger partial charge in [0.25, 0.3) is 5.91 Å². The van der Waals surface area contributed by atoms with E-state index in [0.717, 1.165) is 5.52 Å². The van der Waals surface area contributed by atoms with Crippen molar-refractivity contribution < 1.29 is 18.7 Å². The van der Waals surface area contributed by atoms with Crippen LogP contribution in [0.2, 0.25) is 0 Å². The van der Waals surface area contributed by atoms with Gasteiger partial charge in [0, 0.05) is 43.2 Å². The van der Waals surface area contributed by atoms with Crippen molar-refractivity contribution in [1.82, 2.24) is 19.4 Å². The highest BCUT2D eigenvalue weighted by atomic mass is 19.1. The SMILES string of the molecule is C=CC(CNC(=O)c1ccc2c(c1)n(C)c(=O)n2C)c1cc2c(c(-c3ccc(F)cc3)n1)OC[C@]2(C)C(N)=O. The lowest BCUT2D eigenvalue weighted by Gasteiger charge is -2.21. The van der Waals surface area contributed by atoms with Crippen molar-refractivity contribution in [2.45, 2.75) is 18.3 Å². The molecule has 200 valence electrons. The van der Waals surface area contributed by atoms with Crippen LogP contribution in [0.4, 0.5) is 4.39 Å². The predicted octanol–water partition coefficient (Wildman–Crippen LogP) is 2.91. The number of aryl methyl sites for hydroxylation is 2. The highest BCUT2D eigenvalue weighted by Gasteiger charge is 2.44. The van der Waals surface area contributed by atoms with Gasteiger partial charge in [-0.05, 0) is 55.5 Å². The van der Waals surface area contributed by atoms with E-state index in [1.807, 2.05) is 0 Å². The number of ether oxygens (including phenoxy) is 1. The van der Waals surface area contributed by atoms with Crippen molar-refractivity contribution in [3.8, 4) is 17.0 Å². The summed E-state index contributed by atoms with van der Waals surface area (Å²) in [7, 11) is 3.33. The maximum atomic E-state index is 13.6. The van der Waals surface area contributed by atoms with E-state index in [0.29, 0.717) is 39.3 Å². The number of benzene rings is 2. The summed E-state index contributed by atoms with van der Waals surface area (Å²) >= 11 is 0. The number of pyridine rings is 1. The van der Waals surface area contributed by atoms with Gasteiger partial charge >= 0.3 is 5.69 Å². The maximum absolute atomic E-state index is 13.6. The number of primary amides is 1. The van der Waals surface area contributed by atoms with Gasteiger partial charge in [-0.3, -0.25) is 18.7 Å². The zero-order valence-electron chi connectivity index (χ0n) is 21.8. The number of amides is 2. The first-order valence-corrected chi connectivity index (χ1v) is 12.4. The molecule has 5 rings (SSSR count). The third kappa shape index (κ3) is 4.27. The Hall–Kier alpha value is -4.73. The number of carbonyl (C=O) groups excluding carboxylic acids is 2. The summed E-state index contributed by atoms with van der Waals surface area (Å²) in [6.45, 7) is 5.85. The van der Waals surface area contributed by atoms with Gasteiger partial charge in [0.15, 0.2) is 0 Å². The van der Waals surface area contributed by atoms with Crippen LogP contribution in [0.5, 0.6) is 5.75 Å². The van der Waals surface area contributed by atoms with Crippen molar-refractivity contribution in [1.29, 1.82) is 0 Å². The summed E-state index contributed by atoms with van der Waals surface area (Å²) in [5.74, 6) is -1.28. The number of nitrogens with two attached hydrogens (primary N) is 1. The fourth-order valence-corrected chi connectivity index (χ4v) is 4.86. The van der Waals surface area contributed by atoms with Crippen LogP contribution >= 0.6 is 0 Å². The van der Waals surface area contributed by atoms with Gasteiger partial charge < -0.3 is 15.8 Å². The molecule has 3 N–H and O–H groups in total. The monoisotopic (exact) mass is 529 g/mol. The molecule has 2 atom stereocenters. The molecule has 0 aliphatic carbocycles. The van der Waals surface area contributed by atoms with E-state index in [1.54, 1.807) is 63.5 Å². The lowest BCUT2D eigenvalue weighted by molar-refractivity contribution is -0.123. The number of hydrogen-bond donors (Lipinski definition) is 2. The van der Waals surface area contributed by atoms with E-state index in [-0.39, 0.29) is 24.7 Å². The first-order chi connectivity index (χ1) is 18.5. The number of halogens is 1. The van der Waals surface area contributed by atoms with Crippen molar-refractivity contribution in [2.75, 3.05) is 13.2 Å². The minimum Gasteiger partial charge on any atom is -0.489 e. The number of rotatable bonds is 7. The molecule has 0 saturated carbocycles. The van der Waals surface area contributed by atoms with Gasteiger partial charge in [0.1, 0.15) is 29.3 Å². The third-order valence-corrected chi connectivity index (χ3v) is 7.44. The zero-order chi connectivity index (χ0) is 28.1. The Bertz CT molecular complexity index is 1710. The molecule has 1 aliphatic heterocycles. The summed E-state index contributed by atoms with van der Waals surface area (Å²) < 4.78 is 22.5. The predicted molar refractivity (Wildman–Crippen MR) is 145 cm³/mol. The second-order valence-corrected chi connectivity index (χ2v) is 9.92. The van der Waals surface area contributed by atoms with E-state index in [1.165, 1.54) is 21.3 Å². The molecule has 1 aliphatic rings. The van der Waals surface area contributed by atoms with Gasteiger partial charge in [-0.15, -0.1) is 6.58 Å². The molecular weight excluding hydrogens is 501 g/mol. The topological polar surface area (TPSA) is 121 Å². The Kier molecular flexibility index (Phi) is 6.33. The first kappa shape index (κ1) is 25.9. The molecule has 4 aromatic rings. The molecule has 2 aromatic heterocycles. The van der Waals surface area contributed by atoms with Gasteiger partial charge in [0.2, 0.25) is 5.91 Å². The fourth-order valence-electron chi connectivity index (χ4n) is 4.86. The lowest BCUT2D eigenvalue weighted by atomic mass is 9.82. The molecule has 0 saturated heterocycles. The summed E-state index contributed by atoms with van der Waals surface area (Å²) in [6.07, 6.45) is 1.66. The van der Waals surface area contributed by atoms with Gasteiger partial charge in [-0.2, -0.15) is 0 Å². The Morgan fingerprint density at radius 2 is 1.87 bits per heavy atom. The minimum atomic E-state index is -1.09. The first-order valence-electron chi connectivity index (χ1n) is 12.4. The molecule has 1 unspecified atom stereocenters. The molecule has 10 heteroatoms. The van der Waals surface area contributed by atoms with Crippen molar-refractivity contribution in [2.24, 2.45) is 19.8 Å². The largest absolute Gasteiger partial charge is 0.489 e. The van der Waals surface area contributed by atoms with Crippen LogP contribution in [0, 0.1) is 5.82 Å². The van der Waals surface area contributed by atoms with Crippen LogP contribution < -0.4 is 21.5 Å². The smallest absolute Gasteiger partial charge is 0.328 e. The quantitative estimate of drug-likeness (QED) is 0.357. The maximum Gasteiger partial charge on any atom is 0.328 e. The van der Waals surface area contributed by atoms with Crippen LogP contribution in [0.15, 0.2) is 66.0 Å². The summed E-state index contributed by atoms with van der Waals surface area (Å²) in [5.41, 5.74) is 8.42. The van der Waals surface area contributed by atoms with Crippen LogP contribution in [-0.4, -0.2) is 39.1 Å². The standard InChI is InChI=1S/C29H28FN5O4/c1-5-16(14-32-26(36)18-8-11-22-23(12-18)35(4)28(38)34(22)3)21-13-20-25(39-15-29(20,2)27(31)37)24(33-21)17-6-9-19(30)10-7-17/h5-13,16H,1,14-15H2,2-4H3,(H2,31,37)(H,32,36)/t16?,29-/m0/s1. The zero-order valence-corrected chi connectivity index (χ0v) is 21.8. The Morgan fingerprint density at radius 1 is 1.18 bits per heavy atom. The van der Waals surface area contributed by atoms with E-state index < -0.39 is 23.1 Å². The average molecular weight is 530 g/mol. The van der Waals surface area contributed by atoms with E-state index >= 15 is 0 Å². The normalized spacial score (nSPS) is 16.9. The highest BCUT2D eigenvalue weighted by molar-refractivity contribution is 5.97. The molecule has 3 heterocycles. The molecule has 0 radical (unpaired) electrons. The van der Waals surface area contributed by atoms with Crippen molar-refractivity contribution >= 4 is 22.8 Å². The fraction of sp³-hybridized carbons (Fsp3) is 0.241. The third-order valence-electron chi connectivity index (χ3n) is 7.44. The highest BCUT2D eigenvalue weighted by Crippen LogP contribution is 2.45. The number of carbonyl (C=O) groups is 2. The summed E-state index contributed by atoms with van der Waals surface area (Å²) in [5, 5.41) is 2.92. The van der Waals surface area contributed by atoms with E-state index in [9.17, 15) is 18.8 Å². The Labute approximate surface area is 223 Å². The van der Waals surface area contributed by atoms with Gasteiger partial charge in [-0.1, -0.05) is 6.08 Å². The average Bonchev–Trinajstić information content (AvgIpc) is 3.39. The summed E-state index contributed by atoms with van der Waals surface area (Å²) in [6, 6.07) is 12.6. The summed E-state index contributed by atoms with van der Waals surface area (Å²) in [4.78, 5) is 42.5. The van der Waals surface area contributed by atoms with Crippen molar-refractivity contribution in [3.05, 3.63) is 94.3 Å². The van der Waals surface area contributed by atoms with Crippen molar-refractivity contribution in [3.63, 3.8) is 0 Å². The number of aromatic nitrogens is 3. The second-order valence-electron chi connectivity index (χ2n) is 9.92. The molecule has 2 aromatic carbocycles. The van der Waals surface area contributed by atoms with E-state index in [4.69, 9.17) is 15.5 Å². The number of hydrogen-bond acceptors (Lipinski definition) is 5. The number of nitrogens with one attached hydrogen (secondary N) is 1. The second kappa shape index (κ2) is 9.54. The molecule has 0 bridgehead atoms. The van der Waals surface area contributed by atoms with E-state index in [2.05, 4.69) is 11.9 Å². The van der Waals surface area contributed by atoms with Crippen LogP contribution in [0.3, 0.4) is 0 Å². The number of nitrogens with zero attached hydrogens (tertiary/aromatic N) is 3. The van der Waals surface area contributed by atoms with Crippen LogP contribution in [0.25, 0.3) is 22.3 Å². The van der Waals surface area contributed by atoms with Gasteiger partial charge in [-0.25, -0.2) is 14.2 Å². The molecule has 39 heavy (non-hydrogen) atoms. The number of fused-ring (bicyclic) bond motifs is 2. The molecule has 2 amide bonds. The van der Waals surface area contributed by atoms with Crippen LogP contribution in [-0.2, 0) is 24.3 Å².